The van der Waals surface area contributed by atoms with Crippen molar-refractivity contribution in [3.8, 4) is 0 Å². The molecule has 0 aromatic rings. The molecule has 1 saturated heterocycles. The zero-order chi connectivity index (χ0) is 13.3. The Morgan fingerprint density at radius 1 is 1.56 bits per heavy atom. The first-order valence-electron chi connectivity index (χ1n) is 6.32. The van der Waals surface area contributed by atoms with Gasteiger partial charge in [0, 0.05) is 37.5 Å². The Morgan fingerprint density at radius 3 is 2.94 bits per heavy atom. The van der Waals surface area contributed by atoms with Gasteiger partial charge in [-0.1, -0.05) is 0 Å². The van der Waals surface area contributed by atoms with Crippen molar-refractivity contribution in [2.45, 2.75) is 38.8 Å². The highest BCUT2D eigenvalue weighted by Crippen LogP contribution is 2.27. The largest absolute Gasteiger partial charge is 0.444 e. The maximum absolute atomic E-state index is 12.0. The second kappa shape index (κ2) is 4.72. The van der Waals surface area contributed by atoms with Gasteiger partial charge in [-0.05, 0) is 32.8 Å². The zero-order valence-electron chi connectivity index (χ0n) is 11.2. The van der Waals surface area contributed by atoms with E-state index in [0.29, 0.717) is 19.0 Å². The molecule has 0 saturated carbocycles. The van der Waals surface area contributed by atoms with Gasteiger partial charge in [0.2, 0.25) is 0 Å². The summed E-state index contributed by atoms with van der Waals surface area (Å²) in [4.78, 5) is 17.8. The average Bonchev–Trinajstić information content (AvgIpc) is 2.26. The van der Waals surface area contributed by atoms with Crippen LogP contribution in [0.25, 0.3) is 0 Å². The van der Waals surface area contributed by atoms with Gasteiger partial charge in [0.15, 0.2) is 0 Å². The first-order chi connectivity index (χ1) is 8.37. The molecule has 100 valence electrons. The van der Waals surface area contributed by atoms with Crippen molar-refractivity contribution in [2.24, 2.45) is 16.6 Å². The fourth-order valence-corrected chi connectivity index (χ4v) is 2.30. The number of likely N-dealkylation sites (tertiary alicyclic amines) is 1. The Bertz CT molecular complexity index is 396. The Labute approximate surface area is 108 Å². The maximum atomic E-state index is 12.0. The summed E-state index contributed by atoms with van der Waals surface area (Å²) in [6.45, 7) is 6.89. The van der Waals surface area contributed by atoms with E-state index in [-0.39, 0.29) is 12.1 Å². The maximum Gasteiger partial charge on any atom is 0.410 e. The van der Waals surface area contributed by atoms with E-state index in [0.717, 1.165) is 12.0 Å². The highest BCUT2D eigenvalue weighted by Gasteiger charge is 2.33. The number of fused-ring (bicyclic) bond motifs is 1. The molecule has 2 unspecified atom stereocenters. The third kappa shape index (κ3) is 2.90. The lowest BCUT2D eigenvalue weighted by Gasteiger charge is -2.37. The predicted molar refractivity (Wildman–Crippen MR) is 70.5 cm³/mol. The molecule has 5 nitrogen and oxygen atoms in total. The topological polar surface area (TPSA) is 67.9 Å². The number of carbonyl (C=O) groups excluding carboxylic acids is 1. The highest BCUT2D eigenvalue weighted by molar-refractivity contribution is 5.71. The van der Waals surface area contributed by atoms with Crippen molar-refractivity contribution in [3.05, 3.63) is 11.8 Å². The summed E-state index contributed by atoms with van der Waals surface area (Å²) in [5.41, 5.74) is 6.66. The van der Waals surface area contributed by atoms with Crippen molar-refractivity contribution in [2.75, 3.05) is 13.1 Å². The fraction of sp³-hybridized carbons (Fsp3) is 0.692. The Hall–Kier alpha value is -1.36. The van der Waals surface area contributed by atoms with Gasteiger partial charge in [-0.3, -0.25) is 4.99 Å². The summed E-state index contributed by atoms with van der Waals surface area (Å²) in [5.74, 6) is 0.321. The molecule has 2 aliphatic heterocycles. The molecule has 0 radical (unpaired) electrons. The molecule has 0 aliphatic carbocycles. The standard InChI is InChI=1S/C13H21N3O2/c1-13(2,3)18-12(17)16-5-4-10-9(8-16)6-15-7-11(10)14/h6-7,10-11H,4-5,8,14H2,1-3H3. The first-order valence-corrected chi connectivity index (χ1v) is 6.32. The Kier molecular flexibility index (Phi) is 3.43. The molecule has 2 aliphatic rings. The summed E-state index contributed by atoms with van der Waals surface area (Å²) >= 11 is 0. The molecule has 2 atom stereocenters. The highest BCUT2D eigenvalue weighted by atomic mass is 16.6. The number of ether oxygens (including phenoxy) is 1. The molecule has 2 rings (SSSR count). The van der Waals surface area contributed by atoms with Crippen molar-refractivity contribution >= 4 is 12.3 Å². The van der Waals surface area contributed by atoms with Crippen LogP contribution in [0, 0.1) is 5.92 Å². The van der Waals surface area contributed by atoms with E-state index in [4.69, 9.17) is 10.5 Å². The number of hydrogen-bond donors (Lipinski definition) is 1. The van der Waals surface area contributed by atoms with Crippen molar-refractivity contribution < 1.29 is 9.53 Å². The van der Waals surface area contributed by atoms with Crippen LogP contribution in [0.1, 0.15) is 27.2 Å². The quantitative estimate of drug-likeness (QED) is 0.710. The van der Waals surface area contributed by atoms with Crippen LogP contribution in [0.5, 0.6) is 0 Å². The van der Waals surface area contributed by atoms with E-state index in [1.165, 1.54) is 0 Å². The van der Waals surface area contributed by atoms with Crippen molar-refractivity contribution in [1.29, 1.82) is 0 Å². The molecular weight excluding hydrogens is 230 g/mol. The lowest BCUT2D eigenvalue weighted by molar-refractivity contribution is 0.0227. The number of piperidine rings is 1. The van der Waals surface area contributed by atoms with E-state index in [2.05, 4.69) is 4.99 Å². The van der Waals surface area contributed by atoms with E-state index in [9.17, 15) is 4.79 Å². The van der Waals surface area contributed by atoms with Crippen molar-refractivity contribution in [3.63, 3.8) is 0 Å². The predicted octanol–water partition coefficient (Wildman–Crippen LogP) is 1.54. The van der Waals surface area contributed by atoms with Gasteiger partial charge < -0.3 is 15.4 Å². The Balaban J connectivity index is 2.01. The number of hydrogen-bond acceptors (Lipinski definition) is 4. The molecule has 0 aromatic carbocycles. The number of rotatable bonds is 0. The van der Waals surface area contributed by atoms with E-state index in [1.54, 1.807) is 11.1 Å². The van der Waals surface area contributed by atoms with Crippen LogP contribution < -0.4 is 5.73 Å². The smallest absolute Gasteiger partial charge is 0.410 e. The molecule has 18 heavy (non-hydrogen) atoms. The molecular formula is C13H21N3O2. The second-order valence-electron chi connectivity index (χ2n) is 5.88. The Morgan fingerprint density at radius 2 is 2.28 bits per heavy atom. The SMILES string of the molecule is CC(C)(C)OC(=O)N1CCC2C(=CN=CC2N)C1. The molecule has 1 amide bonds. The van der Waals surface area contributed by atoms with Gasteiger partial charge in [0.05, 0.1) is 0 Å². The van der Waals surface area contributed by atoms with Gasteiger partial charge >= 0.3 is 6.09 Å². The number of amides is 1. The average molecular weight is 251 g/mol. The number of nitrogens with zero attached hydrogens (tertiary/aromatic N) is 2. The molecule has 2 heterocycles. The van der Waals surface area contributed by atoms with Crippen LogP contribution in [0.3, 0.4) is 0 Å². The fourth-order valence-electron chi connectivity index (χ4n) is 2.30. The monoisotopic (exact) mass is 251 g/mol. The van der Waals surface area contributed by atoms with Gasteiger partial charge in [0.1, 0.15) is 5.60 Å². The number of carbonyl (C=O) groups is 1. The second-order valence-corrected chi connectivity index (χ2v) is 5.88. The minimum absolute atomic E-state index is 0.0224. The van der Waals surface area contributed by atoms with Gasteiger partial charge in [0.25, 0.3) is 0 Å². The van der Waals surface area contributed by atoms with Crippen LogP contribution in [-0.2, 0) is 4.74 Å². The normalized spacial score (nSPS) is 27.6. The summed E-state index contributed by atoms with van der Waals surface area (Å²) in [6, 6.07) is -0.0224. The summed E-state index contributed by atoms with van der Waals surface area (Å²) in [7, 11) is 0. The minimum atomic E-state index is -0.455. The van der Waals surface area contributed by atoms with Gasteiger partial charge in [-0.2, -0.15) is 0 Å². The third-order valence-electron chi connectivity index (χ3n) is 3.17. The first kappa shape index (κ1) is 13.1. The van der Waals surface area contributed by atoms with Crippen LogP contribution in [0.2, 0.25) is 0 Å². The van der Waals surface area contributed by atoms with Crippen LogP contribution in [-0.4, -0.2) is 41.9 Å². The van der Waals surface area contributed by atoms with Crippen LogP contribution in [0.4, 0.5) is 4.79 Å². The summed E-state index contributed by atoms with van der Waals surface area (Å²) in [5, 5.41) is 0. The lowest BCUT2D eigenvalue weighted by atomic mass is 9.85. The van der Waals surface area contributed by atoms with Crippen molar-refractivity contribution in [1.82, 2.24) is 4.90 Å². The third-order valence-corrected chi connectivity index (χ3v) is 3.17. The van der Waals surface area contributed by atoms with Gasteiger partial charge in [-0.15, -0.1) is 0 Å². The van der Waals surface area contributed by atoms with E-state index >= 15 is 0 Å². The van der Waals surface area contributed by atoms with Crippen LogP contribution in [0.15, 0.2) is 16.8 Å². The van der Waals surface area contributed by atoms with Crippen LogP contribution >= 0.6 is 0 Å². The molecule has 0 spiro atoms. The summed E-state index contributed by atoms with van der Waals surface area (Å²) in [6.07, 6.45) is 4.21. The zero-order valence-corrected chi connectivity index (χ0v) is 11.2. The minimum Gasteiger partial charge on any atom is -0.444 e. The molecule has 0 aromatic heterocycles. The molecule has 1 fully saturated rings. The molecule has 0 bridgehead atoms. The van der Waals surface area contributed by atoms with E-state index < -0.39 is 5.60 Å². The lowest BCUT2D eigenvalue weighted by Crippen LogP contribution is -2.47. The number of nitrogens with two attached hydrogens (primary N) is 1. The van der Waals surface area contributed by atoms with E-state index in [1.807, 2.05) is 27.0 Å². The molecule has 5 heteroatoms. The molecule has 2 N–H and O–H groups in total. The number of aliphatic imine (C=N–C) groups is 1. The summed E-state index contributed by atoms with van der Waals surface area (Å²) < 4.78 is 5.37. The van der Waals surface area contributed by atoms with Gasteiger partial charge in [-0.25, -0.2) is 4.79 Å².